The van der Waals surface area contributed by atoms with E-state index in [9.17, 15) is 4.79 Å². The summed E-state index contributed by atoms with van der Waals surface area (Å²) in [6, 6.07) is 6.49. The molecule has 1 aromatic carbocycles. The molecule has 0 aromatic heterocycles. The first-order valence-electron chi connectivity index (χ1n) is 7.21. The summed E-state index contributed by atoms with van der Waals surface area (Å²) in [5.41, 5.74) is 3.57. The quantitative estimate of drug-likeness (QED) is 0.764. The number of nitrogens with one attached hydrogen (secondary N) is 3. The zero-order chi connectivity index (χ0) is 13.1. The third kappa shape index (κ3) is 3.07. The van der Waals surface area contributed by atoms with Crippen LogP contribution in [-0.4, -0.2) is 18.6 Å². The Bertz CT molecular complexity index is 466. The minimum absolute atomic E-state index is 0.0735. The van der Waals surface area contributed by atoms with Crippen LogP contribution in [0, 0.1) is 0 Å². The monoisotopic (exact) mass is 259 g/mol. The van der Waals surface area contributed by atoms with E-state index in [0.717, 1.165) is 38.0 Å². The fraction of sp³-hybridized carbons (Fsp3) is 0.533. The molecule has 0 unspecified atom stereocenters. The maximum atomic E-state index is 11.9. The molecule has 0 spiro atoms. The van der Waals surface area contributed by atoms with Gasteiger partial charge in [-0.15, -0.1) is 0 Å². The zero-order valence-corrected chi connectivity index (χ0v) is 11.2. The smallest absolute Gasteiger partial charge is 0.319 e. The Labute approximate surface area is 114 Å². The van der Waals surface area contributed by atoms with E-state index in [-0.39, 0.29) is 6.03 Å². The molecule has 3 N–H and O–H groups in total. The largest absolute Gasteiger partial charge is 0.335 e. The van der Waals surface area contributed by atoms with Gasteiger partial charge in [-0.05, 0) is 49.1 Å². The van der Waals surface area contributed by atoms with Crippen LogP contribution in [0.1, 0.15) is 36.8 Å². The van der Waals surface area contributed by atoms with Crippen molar-refractivity contribution in [1.29, 1.82) is 0 Å². The highest BCUT2D eigenvalue weighted by molar-refractivity contribution is 5.89. The van der Waals surface area contributed by atoms with Crippen molar-refractivity contribution in [3.05, 3.63) is 29.3 Å². The molecule has 1 aromatic rings. The summed E-state index contributed by atoms with van der Waals surface area (Å²) in [6.45, 7) is 1.94. The van der Waals surface area contributed by atoms with Gasteiger partial charge in [0.25, 0.3) is 0 Å². The van der Waals surface area contributed by atoms with E-state index in [0.29, 0.717) is 6.04 Å². The summed E-state index contributed by atoms with van der Waals surface area (Å²) in [5, 5.41) is 9.33. The Kier molecular flexibility index (Phi) is 3.69. The highest BCUT2D eigenvalue weighted by atomic mass is 16.2. The third-order valence-corrected chi connectivity index (χ3v) is 4.04. The lowest BCUT2D eigenvalue weighted by Gasteiger charge is -2.18. The van der Waals surface area contributed by atoms with Crippen molar-refractivity contribution in [2.45, 2.75) is 44.7 Å². The lowest BCUT2D eigenvalue weighted by Crippen LogP contribution is -2.36. The number of carbonyl (C=O) groups excluding carboxylic acids is 1. The first-order chi connectivity index (χ1) is 9.31. The van der Waals surface area contributed by atoms with Gasteiger partial charge >= 0.3 is 6.03 Å². The normalized spacial score (nSPS) is 18.9. The molecular formula is C15H21N3O. The minimum atomic E-state index is -0.0735. The second-order valence-corrected chi connectivity index (χ2v) is 5.49. The topological polar surface area (TPSA) is 53.2 Å². The number of urea groups is 1. The van der Waals surface area contributed by atoms with E-state index in [1.165, 1.54) is 24.0 Å². The van der Waals surface area contributed by atoms with Crippen LogP contribution in [0.3, 0.4) is 0 Å². The lowest BCUT2D eigenvalue weighted by molar-refractivity contribution is 0.248. The number of amides is 2. The molecule has 2 aliphatic rings. The van der Waals surface area contributed by atoms with Gasteiger partial charge in [-0.1, -0.05) is 18.9 Å². The van der Waals surface area contributed by atoms with E-state index >= 15 is 0 Å². The van der Waals surface area contributed by atoms with Gasteiger partial charge < -0.3 is 16.0 Å². The molecule has 4 nitrogen and oxygen atoms in total. The highest BCUT2D eigenvalue weighted by Crippen LogP contribution is 2.20. The number of hydrogen-bond acceptors (Lipinski definition) is 2. The van der Waals surface area contributed by atoms with Gasteiger partial charge in [0, 0.05) is 18.3 Å². The molecule has 1 fully saturated rings. The minimum Gasteiger partial charge on any atom is -0.335 e. The number of fused-ring (bicyclic) bond motifs is 1. The molecule has 0 atom stereocenters. The molecule has 0 radical (unpaired) electrons. The average molecular weight is 259 g/mol. The zero-order valence-electron chi connectivity index (χ0n) is 11.2. The third-order valence-electron chi connectivity index (χ3n) is 4.04. The fourth-order valence-electron chi connectivity index (χ4n) is 2.98. The molecule has 0 saturated heterocycles. The van der Waals surface area contributed by atoms with Gasteiger partial charge in [-0.2, -0.15) is 0 Å². The molecule has 1 saturated carbocycles. The molecular weight excluding hydrogens is 238 g/mol. The average Bonchev–Trinajstić information content (AvgIpc) is 2.91. The Morgan fingerprint density at radius 2 is 2.05 bits per heavy atom. The predicted molar refractivity (Wildman–Crippen MR) is 76.3 cm³/mol. The highest BCUT2D eigenvalue weighted by Gasteiger charge is 2.17. The Balaban J connectivity index is 1.61. The van der Waals surface area contributed by atoms with Crippen molar-refractivity contribution >= 4 is 11.7 Å². The number of benzene rings is 1. The van der Waals surface area contributed by atoms with Crippen LogP contribution in [0.4, 0.5) is 10.5 Å². The molecule has 0 bridgehead atoms. The molecule has 1 heterocycles. The van der Waals surface area contributed by atoms with Crippen molar-refractivity contribution in [3.63, 3.8) is 0 Å². The summed E-state index contributed by atoms with van der Waals surface area (Å²) < 4.78 is 0. The molecule has 2 amide bonds. The first-order valence-corrected chi connectivity index (χ1v) is 7.21. The van der Waals surface area contributed by atoms with E-state index < -0.39 is 0 Å². The standard InChI is InChI=1S/C15H21N3O/c19-15(17-13-3-1-2-4-13)18-14-6-5-11-7-8-16-10-12(11)9-14/h5-6,9,13,16H,1-4,7-8,10H2,(H2,17,18,19). The van der Waals surface area contributed by atoms with Crippen molar-refractivity contribution in [1.82, 2.24) is 10.6 Å². The van der Waals surface area contributed by atoms with Crippen LogP contribution in [-0.2, 0) is 13.0 Å². The van der Waals surface area contributed by atoms with Crippen LogP contribution >= 0.6 is 0 Å². The number of anilines is 1. The fourth-order valence-corrected chi connectivity index (χ4v) is 2.98. The molecule has 1 aliphatic heterocycles. The summed E-state index contributed by atoms with van der Waals surface area (Å²) >= 11 is 0. The molecule has 19 heavy (non-hydrogen) atoms. The van der Waals surface area contributed by atoms with Crippen molar-refractivity contribution in [2.24, 2.45) is 0 Å². The van der Waals surface area contributed by atoms with Crippen LogP contribution < -0.4 is 16.0 Å². The van der Waals surface area contributed by atoms with E-state index in [4.69, 9.17) is 0 Å². The predicted octanol–water partition coefficient (Wildman–Crippen LogP) is 2.40. The second-order valence-electron chi connectivity index (χ2n) is 5.49. The van der Waals surface area contributed by atoms with Crippen LogP contribution in [0.2, 0.25) is 0 Å². The van der Waals surface area contributed by atoms with Crippen LogP contribution in [0.5, 0.6) is 0 Å². The van der Waals surface area contributed by atoms with Gasteiger partial charge in [-0.25, -0.2) is 4.79 Å². The van der Waals surface area contributed by atoms with E-state index in [2.05, 4.69) is 28.1 Å². The lowest BCUT2D eigenvalue weighted by atomic mass is 10.0. The van der Waals surface area contributed by atoms with E-state index in [1.54, 1.807) is 0 Å². The SMILES string of the molecule is O=C(Nc1ccc2c(c1)CNCC2)NC1CCCC1. The Morgan fingerprint density at radius 3 is 2.89 bits per heavy atom. The van der Waals surface area contributed by atoms with Crippen molar-refractivity contribution < 1.29 is 4.79 Å². The number of hydrogen-bond donors (Lipinski definition) is 3. The summed E-state index contributed by atoms with van der Waals surface area (Å²) in [7, 11) is 0. The molecule has 1 aliphatic carbocycles. The van der Waals surface area contributed by atoms with Crippen LogP contribution in [0.15, 0.2) is 18.2 Å². The molecule has 3 rings (SSSR count). The van der Waals surface area contributed by atoms with Gasteiger partial charge in [0.2, 0.25) is 0 Å². The summed E-state index contributed by atoms with van der Waals surface area (Å²) in [6.07, 6.45) is 5.76. The maximum absolute atomic E-state index is 11.9. The summed E-state index contributed by atoms with van der Waals surface area (Å²) in [5.74, 6) is 0. The molecule has 4 heteroatoms. The second kappa shape index (κ2) is 5.61. The van der Waals surface area contributed by atoms with E-state index in [1.807, 2.05) is 6.07 Å². The van der Waals surface area contributed by atoms with Gasteiger partial charge in [0.15, 0.2) is 0 Å². The van der Waals surface area contributed by atoms with Crippen LogP contribution in [0.25, 0.3) is 0 Å². The Hall–Kier alpha value is -1.55. The first kappa shape index (κ1) is 12.5. The summed E-state index contributed by atoms with van der Waals surface area (Å²) in [4.78, 5) is 11.9. The van der Waals surface area contributed by atoms with Crippen molar-refractivity contribution in [2.75, 3.05) is 11.9 Å². The number of rotatable bonds is 2. The van der Waals surface area contributed by atoms with Crippen molar-refractivity contribution in [3.8, 4) is 0 Å². The van der Waals surface area contributed by atoms with Gasteiger partial charge in [0.05, 0.1) is 0 Å². The Morgan fingerprint density at radius 1 is 1.21 bits per heavy atom. The van der Waals surface area contributed by atoms with Gasteiger partial charge in [-0.3, -0.25) is 0 Å². The number of carbonyl (C=O) groups is 1. The maximum Gasteiger partial charge on any atom is 0.319 e. The van der Waals surface area contributed by atoms with Gasteiger partial charge in [0.1, 0.15) is 0 Å². The molecule has 102 valence electrons.